The Morgan fingerprint density at radius 3 is 1.30 bits per heavy atom. The Balaban J connectivity index is 0.00000190. The first-order chi connectivity index (χ1) is 25.8. The monoisotopic (exact) mass is 717 g/mol. The van der Waals surface area contributed by atoms with E-state index in [4.69, 9.17) is 0 Å². The van der Waals surface area contributed by atoms with E-state index in [0.29, 0.717) is 0 Å². The molecule has 0 N–H and O–H groups in total. The van der Waals surface area contributed by atoms with Gasteiger partial charge < -0.3 is 0 Å². The summed E-state index contributed by atoms with van der Waals surface area (Å²) in [5.74, 6) is 0.619. The summed E-state index contributed by atoms with van der Waals surface area (Å²) in [6, 6.07) is 40.1. The van der Waals surface area contributed by atoms with Crippen molar-refractivity contribution in [3.8, 4) is 12.1 Å². The van der Waals surface area contributed by atoms with Crippen LogP contribution in [0.1, 0.15) is 185 Å². The predicted octanol–water partition coefficient (Wildman–Crippen LogP) is 14.6. The normalized spacial score (nSPS) is 13.1. The molecule has 0 amide bonds. The highest BCUT2D eigenvalue weighted by atomic mass is 14.3. The molecule has 5 aromatic carbocycles. The lowest BCUT2D eigenvalue weighted by Crippen LogP contribution is -2.13. The predicted molar refractivity (Wildman–Crippen MR) is 232 cm³/mol. The smallest absolute Gasteiger partial charge is 0.0994 e. The molecule has 0 aliphatic rings. The zero-order chi connectivity index (χ0) is 40.3. The van der Waals surface area contributed by atoms with Crippen LogP contribution >= 0.6 is 0 Å². The molecule has 282 valence electrons. The summed E-state index contributed by atoms with van der Waals surface area (Å²) in [6.07, 6.45) is 0.971. The first-order valence-electron chi connectivity index (χ1n) is 20.2. The second-order valence-electron chi connectivity index (χ2n) is 15.3. The first kappa shape index (κ1) is 43.5. The van der Waals surface area contributed by atoms with E-state index in [1.807, 2.05) is 45.9 Å². The molecule has 4 unspecified atom stereocenters. The van der Waals surface area contributed by atoms with E-state index < -0.39 is 0 Å². The van der Waals surface area contributed by atoms with Gasteiger partial charge in [-0.3, -0.25) is 0 Å². The van der Waals surface area contributed by atoms with E-state index in [2.05, 4.69) is 160 Å². The van der Waals surface area contributed by atoms with Crippen LogP contribution < -0.4 is 0 Å². The highest BCUT2D eigenvalue weighted by Crippen LogP contribution is 2.38. The molecule has 0 saturated heterocycles. The van der Waals surface area contributed by atoms with Crippen LogP contribution in [0.5, 0.6) is 0 Å². The van der Waals surface area contributed by atoms with Crippen molar-refractivity contribution in [2.24, 2.45) is 0 Å². The fourth-order valence-corrected chi connectivity index (χ4v) is 7.47. The van der Waals surface area contributed by atoms with Gasteiger partial charge in [0.1, 0.15) is 0 Å². The number of aryl methyl sites for hydroxylation is 2. The van der Waals surface area contributed by atoms with Crippen molar-refractivity contribution in [2.45, 2.75) is 132 Å². The van der Waals surface area contributed by atoms with Crippen LogP contribution in [0, 0.1) is 36.5 Å². The molecular weight excluding hydrogens is 653 g/mol. The number of nitriles is 2. The molecule has 4 atom stereocenters. The third kappa shape index (κ3) is 9.78. The highest BCUT2D eigenvalue weighted by Gasteiger charge is 2.23. The average molecular weight is 717 g/mol. The van der Waals surface area contributed by atoms with E-state index in [1.54, 1.807) is 0 Å². The van der Waals surface area contributed by atoms with Gasteiger partial charge in [0.25, 0.3) is 0 Å². The number of benzene rings is 5. The molecular formula is C52H64N2. The molecule has 0 heterocycles. The zero-order valence-electron chi connectivity index (χ0n) is 35.6. The number of nitrogens with zero attached hydrogens (tertiary/aromatic N) is 2. The van der Waals surface area contributed by atoms with E-state index in [-0.39, 0.29) is 29.1 Å². The fraction of sp³-hybridized carbons (Fsp3) is 0.385. The Hall–Kier alpha value is -4.92. The minimum Gasteiger partial charge on any atom is -0.192 e. The molecule has 2 heteroatoms. The van der Waals surface area contributed by atoms with Crippen molar-refractivity contribution < 1.29 is 0 Å². The molecule has 0 radical (unpaired) electrons. The number of hydrogen-bond acceptors (Lipinski definition) is 2. The van der Waals surface area contributed by atoms with Gasteiger partial charge in [-0.15, -0.1) is 0 Å². The molecule has 5 rings (SSSR count). The van der Waals surface area contributed by atoms with Gasteiger partial charge in [0.15, 0.2) is 0 Å². The van der Waals surface area contributed by atoms with Gasteiger partial charge in [-0.25, -0.2) is 0 Å². The summed E-state index contributed by atoms with van der Waals surface area (Å²) in [5.41, 5.74) is 16.6. The van der Waals surface area contributed by atoms with Crippen molar-refractivity contribution in [1.29, 1.82) is 10.5 Å². The second kappa shape index (κ2) is 19.4. The van der Waals surface area contributed by atoms with Crippen LogP contribution in [0.4, 0.5) is 0 Å². The molecule has 54 heavy (non-hydrogen) atoms. The molecule has 0 bridgehead atoms. The van der Waals surface area contributed by atoms with E-state index >= 15 is 0 Å². The lowest BCUT2D eigenvalue weighted by molar-refractivity contribution is 0.588. The van der Waals surface area contributed by atoms with Crippen molar-refractivity contribution in [2.75, 3.05) is 0 Å². The maximum Gasteiger partial charge on any atom is 0.0994 e. The Bertz CT molecular complexity index is 2100. The third-order valence-corrected chi connectivity index (χ3v) is 11.0. The first-order valence-corrected chi connectivity index (χ1v) is 20.2. The molecule has 0 aliphatic carbocycles. The van der Waals surface area contributed by atoms with E-state index in [0.717, 1.165) is 28.7 Å². The maximum absolute atomic E-state index is 10.00. The van der Waals surface area contributed by atoms with Gasteiger partial charge in [0.05, 0.1) is 23.3 Å². The largest absolute Gasteiger partial charge is 0.192 e. The lowest BCUT2D eigenvalue weighted by Gasteiger charge is -2.25. The summed E-state index contributed by atoms with van der Waals surface area (Å²) >= 11 is 0. The van der Waals surface area contributed by atoms with Crippen molar-refractivity contribution in [3.63, 3.8) is 0 Å². The minimum absolute atomic E-state index is 0.0109. The van der Waals surface area contributed by atoms with Crippen LogP contribution in [-0.4, -0.2) is 0 Å². The maximum atomic E-state index is 10.00. The average Bonchev–Trinajstić information content (AvgIpc) is 3.20. The molecule has 0 aromatic heterocycles. The standard InChI is InChI=1S/C48H52N2.2C2H6/c1-11-36-23-44(31(3)37-14-12-16-39(25-37)33(5)46-22-30(2)18-19-41(46)28-49)35(7)45(24-36)32(4)38-15-13-17-40(26-38)34(6)47-27-43(48(8,9)10)21-20-42(47)29-50;2*1-2/h12-27,31-34H,11H2,1-10H3;2*1-2H3. The Morgan fingerprint density at radius 2 is 0.907 bits per heavy atom. The second-order valence-corrected chi connectivity index (χ2v) is 15.3. The van der Waals surface area contributed by atoms with Crippen molar-refractivity contribution >= 4 is 0 Å². The van der Waals surface area contributed by atoms with Crippen LogP contribution in [0.25, 0.3) is 0 Å². The summed E-state index contributed by atoms with van der Waals surface area (Å²) in [4.78, 5) is 0. The molecule has 0 fully saturated rings. The van der Waals surface area contributed by atoms with Gasteiger partial charge in [-0.1, -0.05) is 174 Å². The van der Waals surface area contributed by atoms with Crippen molar-refractivity contribution in [1.82, 2.24) is 0 Å². The Labute approximate surface area is 328 Å². The summed E-state index contributed by atoms with van der Waals surface area (Å²) < 4.78 is 0. The summed E-state index contributed by atoms with van der Waals surface area (Å²) in [6.45, 7) is 30.4. The lowest BCUT2D eigenvalue weighted by atomic mass is 9.79. The Morgan fingerprint density at radius 1 is 0.519 bits per heavy atom. The quantitative estimate of drug-likeness (QED) is 0.152. The van der Waals surface area contributed by atoms with Gasteiger partial charge in [0, 0.05) is 23.7 Å². The van der Waals surface area contributed by atoms with Gasteiger partial charge >= 0.3 is 0 Å². The van der Waals surface area contributed by atoms with Crippen LogP contribution in [0.3, 0.4) is 0 Å². The van der Waals surface area contributed by atoms with Gasteiger partial charge in [-0.2, -0.15) is 10.5 Å². The van der Waals surface area contributed by atoms with Gasteiger partial charge in [0.2, 0.25) is 0 Å². The molecule has 5 aromatic rings. The molecule has 0 aliphatic heterocycles. The molecule has 2 nitrogen and oxygen atoms in total. The van der Waals surface area contributed by atoms with Crippen molar-refractivity contribution in [3.05, 3.63) is 175 Å². The highest BCUT2D eigenvalue weighted by molar-refractivity contribution is 5.52. The summed E-state index contributed by atoms with van der Waals surface area (Å²) in [7, 11) is 0. The molecule has 0 saturated carbocycles. The third-order valence-electron chi connectivity index (χ3n) is 11.0. The number of hydrogen-bond donors (Lipinski definition) is 0. The van der Waals surface area contributed by atoms with Gasteiger partial charge in [-0.05, 0) is 99.0 Å². The Kier molecular flexibility index (Phi) is 15.6. The van der Waals surface area contributed by atoms with E-state index in [1.165, 1.54) is 55.6 Å². The SMILES string of the molecule is CC.CC.CCc1cc(C(C)c2cccc(C(C)c3cc(C)ccc3C#N)c2)c(C)c(C(C)c2cccc(C(C)c3cc(C(C)(C)C)ccc3C#N)c2)c1. The fourth-order valence-electron chi connectivity index (χ4n) is 7.47. The summed E-state index contributed by atoms with van der Waals surface area (Å²) in [5, 5.41) is 19.8. The zero-order valence-corrected chi connectivity index (χ0v) is 35.6. The topological polar surface area (TPSA) is 47.6 Å². The van der Waals surface area contributed by atoms with Crippen LogP contribution in [0.15, 0.2) is 97.1 Å². The minimum atomic E-state index is 0.0109. The van der Waals surface area contributed by atoms with Crippen LogP contribution in [-0.2, 0) is 11.8 Å². The van der Waals surface area contributed by atoms with Crippen LogP contribution in [0.2, 0.25) is 0 Å². The van der Waals surface area contributed by atoms with E-state index in [9.17, 15) is 10.5 Å². The number of rotatable bonds is 9. The molecule has 0 spiro atoms.